The molecule has 1 aromatic heterocycles. The number of rotatable bonds is 5. The van der Waals surface area contributed by atoms with E-state index in [-0.39, 0.29) is 0 Å². The second-order valence-electron chi connectivity index (χ2n) is 4.32. The Morgan fingerprint density at radius 2 is 2.31 bits per heavy atom. The van der Waals surface area contributed by atoms with Crippen LogP contribution in [0.1, 0.15) is 37.9 Å². The highest BCUT2D eigenvalue weighted by Gasteiger charge is 2.27. The zero-order valence-corrected chi connectivity index (χ0v) is 9.57. The summed E-state index contributed by atoms with van der Waals surface area (Å²) in [6.07, 6.45) is 3.16. The molecular weight excluding hydrogens is 202 g/mol. The van der Waals surface area contributed by atoms with Gasteiger partial charge in [-0.05, 0) is 19.8 Å². The molecule has 1 aromatic rings. The number of nitrogen functional groups attached to an aromatic ring is 1. The molecule has 2 rings (SSSR count). The molecule has 1 aliphatic rings. The first-order valence-corrected chi connectivity index (χ1v) is 5.57. The zero-order valence-electron chi connectivity index (χ0n) is 9.57. The number of ether oxygens (including phenoxy) is 1. The second-order valence-corrected chi connectivity index (χ2v) is 4.32. The van der Waals surface area contributed by atoms with Gasteiger partial charge in [0.1, 0.15) is 11.6 Å². The van der Waals surface area contributed by atoms with Crippen LogP contribution in [0, 0.1) is 0 Å². The molecule has 1 aliphatic carbocycles. The summed E-state index contributed by atoms with van der Waals surface area (Å²) in [7, 11) is 0. The predicted octanol–water partition coefficient (Wildman–Crippen LogP) is 2.28. The summed E-state index contributed by atoms with van der Waals surface area (Å²) >= 11 is 0. The van der Waals surface area contributed by atoms with Crippen LogP contribution in [0.5, 0.6) is 5.88 Å². The Morgan fingerprint density at radius 3 is 2.94 bits per heavy atom. The quantitative estimate of drug-likeness (QED) is 0.772. The number of nitrogens with zero attached hydrogens (tertiary/aromatic N) is 2. The minimum Gasteiger partial charge on any atom is -0.477 e. The molecule has 0 saturated heterocycles. The van der Waals surface area contributed by atoms with Gasteiger partial charge in [-0.15, -0.1) is 6.58 Å². The fraction of sp³-hybridized carbons (Fsp3) is 0.500. The van der Waals surface area contributed by atoms with Crippen molar-refractivity contribution in [1.29, 1.82) is 0 Å². The summed E-state index contributed by atoms with van der Waals surface area (Å²) in [6, 6.07) is 1.67. The van der Waals surface area contributed by atoms with Gasteiger partial charge in [-0.1, -0.05) is 5.57 Å². The van der Waals surface area contributed by atoms with E-state index in [9.17, 15) is 0 Å². The fourth-order valence-corrected chi connectivity index (χ4v) is 1.39. The van der Waals surface area contributed by atoms with E-state index in [1.54, 1.807) is 6.07 Å². The van der Waals surface area contributed by atoms with Crippen molar-refractivity contribution < 1.29 is 4.74 Å². The summed E-state index contributed by atoms with van der Waals surface area (Å²) < 4.78 is 5.52. The first-order valence-electron chi connectivity index (χ1n) is 5.57. The van der Waals surface area contributed by atoms with Crippen LogP contribution >= 0.6 is 0 Å². The summed E-state index contributed by atoms with van der Waals surface area (Å²) in [6.45, 7) is 6.39. The SMILES string of the molecule is C=C(C)CCOc1cc(N)nc(C2CC2)n1. The van der Waals surface area contributed by atoms with Gasteiger partial charge in [0.2, 0.25) is 5.88 Å². The van der Waals surface area contributed by atoms with E-state index in [0.717, 1.165) is 30.7 Å². The Balaban J connectivity index is 1.99. The van der Waals surface area contributed by atoms with E-state index >= 15 is 0 Å². The molecule has 1 fully saturated rings. The lowest BCUT2D eigenvalue weighted by Gasteiger charge is -2.07. The number of nitrogens with two attached hydrogens (primary N) is 1. The van der Waals surface area contributed by atoms with E-state index < -0.39 is 0 Å². The molecule has 1 heterocycles. The Labute approximate surface area is 95.5 Å². The fourth-order valence-electron chi connectivity index (χ4n) is 1.39. The minimum absolute atomic E-state index is 0.488. The van der Waals surface area contributed by atoms with Gasteiger partial charge >= 0.3 is 0 Å². The number of hydrogen-bond acceptors (Lipinski definition) is 4. The van der Waals surface area contributed by atoms with Crippen LogP contribution in [0.3, 0.4) is 0 Å². The lowest BCUT2D eigenvalue weighted by molar-refractivity contribution is 0.308. The molecule has 0 unspecified atom stereocenters. The zero-order chi connectivity index (χ0) is 11.5. The standard InChI is InChI=1S/C12H17N3O/c1-8(2)5-6-16-11-7-10(13)14-12(15-11)9-3-4-9/h7,9H,1,3-6H2,2H3,(H2,13,14,15). The van der Waals surface area contributed by atoms with E-state index in [4.69, 9.17) is 10.5 Å². The van der Waals surface area contributed by atoms with Gasteiger partial charge in [0.05, 0.1) is 6.61 Å². The summed E-state index contributed by atoms with van der Waals surface area (Å²) in [5.74, 6) is 2.38. The molecular formula is C12H17N3O. The molecule has 1 saturated carbocycles. The molecule has 0 spiro atoms. The number of anilines is 1. The van der Waals surface area contributed by atoms with Crippen LogP contribution in [0.2, 0.25) is 0 Å². The van der Waals surface area contributed by atoms with Crippen LogP contribution in [0.4, 0.5) is 5.82 Å². The largest absolute Gasteiger partial charge is 0.477 e. The van der Waals surface area contributed by atoms with Gasteiger partial charge in [0, 0.05) is 18.4 Å². The molecule has 16 heavy (non-hydrogen) atoms. The predicted molar refractivity (Wildman–Crippen MR) is 63.3 cm³/mol. The van der Waals surface area contributed by atoms with Crippen LogP contribution in [-0.2, 0) is 0 Å². The summed E-state index contributed by atoms with van der Waals surface area (Å²) in [4.78, 5) is 8.56. The van der Waals surface area contributed by atoms with E-state index in [2.05, 4.69) is 16.5 Å². The third-order valence-electron chi connectivity index (χ3n) is 2.46. The van der Waals surface area contributed by atoms with E-state index in [1.807, 2.05) is 6.92 Å². The van der Waals surface area contributed by atoms with E-state index in [1.165, 1.54) is 0 Å². The average Bonchev–Trinajstić information content (AvgIpc) is 2.99. The molecule has 86 valence electrons. The van der Waals surface area contributed by atoms with Crippen molar-refractivity contribution in [3.8, 4) is 5.88 Å². The summed E-state index contributed by atoms with van der Waals surface area (Å²) in [5.41, 5.74) is 6.81. The molecule has 2 N–H and O–H groups in total. The van der Waals surface area contributed by atoms with Crippen LogP contribution in [-0.4, -0.2) is 16.6 Å². The lowest BCUT2D eigenvalue weighted by atomic mass is 10.3. The second kappa shape index (κ2) is 4.51. The van der Waals surface area contributed by atoms with Crippen LogP contribution in [0.15, 0.2) is 18.2 Å². The maximum atomic E-state index is 5.71. The van der Waals surface area contributed by atoms with Crippen molar-refractivity contribution in [1.82, 2.24) is 9.97 Å². The van der Waals surface area contributed by atoms with Crippen LogP contribution < -0.4 is 10.5 Å². The smallest absolute Gasteiger partial charge is 0.218 e. The highest BCUT2D eigenvalue weighted by atomic mass is 16.5. The normalized spacial score (nSPS) is 14.8. The van der Waals surface area contributed by atoms with Gasteiger partial charge < -0.3 is 10.5 Å². The Morgan fingerprint density at radius 1 is 1.56 bits per heavy atom. The third kappa shape index (κ3) is 2.95. The van der Waals surface area contributed by atoms with Gasteiger partial charge in [0.15, 0.2) is 0 Å². The maximum absolute atomic E-state index is 5.71. The van der Waals surface area contributed by atoms with Gasteiger partial charge in [0.25, 0.3) is 0 Å². The molecule has 0 bridgehead atoms. The Kier molecular flexibility index (Phi) is 3.08. The maximum Gasteiger partial charge on any atom is 0.218 e. The van der Waals surface area contributed by atoms with E-state index in [0.29, 0.717) is 24.2 Å². The molecule has 0 radical (unpaired) electrons. The van der Waals surface area contributed by atoms with Crippen molar-refractivity contribution in [2.45, 2.75) is 32.1 Å². The van der Waals surface area contributed by atoms with Gasteiger partial charge in [-0.2, -0.15) is 4.98 Å². The Hall–Kier alpha value is -1.58. The molecule has 0 atom stereocenters. The van der Waals surface area contributed by atoms with Crippen molar-refractivity contribution >= 4 is 5.82 Å². The third-order valence-corrected chi connectivity index (χ3v) is 2.46. The van der Waals surface area contributed by atoms with Crippen molar-refractivity contribution in [3.63, 3.8) is 0 Å². The molecule has 4 nitrogen and oxygen atoms in total. The van der Waals surface area contributed by atoms with Crippen molar-refractivity contribution in [2.24, 2.45) is 0 Å². The highest BCUT2D eigenvalue weighted by molar-refractivity contribution is 5.34. The van der Waals surface area contributed by atoms with Gasteiger partial charge in [-0.3, -0.25) is 0 Å². The first kappa shape index (κ1) is 10.9. The van der Waals surface area contributed by atoms with Gasteiger partial charge in [-0.25, -0.2) is 4.98 Å². The average molecular weight is 219 g/mol. The van der Waals surface area contributed by atoms with Crippen molar-refractivity contribution in [3.05, 3.63) is 24.0 Å². The number of hydrogen-bond donors (Lipinski definition) is 1. The first-order chi connectivity index (χ1) is 7.65. The van der Waals surface area contributed by atoms with Crippen molar-refractivity contribution in [2.75, 3.05) is 12.3 Å². The minimum atomic E-state index is 0.488. The lowest BCUT2D eigenvalue weighted by Crippen LogP contribution is -2.04. The molecule has 4 heteroatoms. The Bertz CT molecular complexity index is 399. The molecule has 0 amide bonds. The molecule has 0 aromatic carbocycles. The topological polar surface area (TPSA) is 61.0 Å². The molecule has 0 aliphatic heterocycles. The monoisotopic (exact) mass is 219 g/mol. The summed E-state index contributed by atoms with van der Waals surface area (Å²) in [5, 5.41) is 0. The number of aromatic nitrogens is 2. The highest BCUT2D eigenvalue weighted by Crippen LogP contribution is 2.38. The van der Waals surface area contributed by atoms with Crippen LogP contribution in [0.25, 0.3) is 0 Å².